The normalized spacial score (nSPS) is 46.8. The molecular weight excluding hydrogens is 328 g/mol. The summed E-state index contributed by atoms with van der Waals surface area (Å²) in [6.07, 6.45) is 10.9. The van der Waals surface area contributed by atoms with E-state index in [0.717, 1.165) is 19.3 Å². The summed E-state index contributed by atoms with van der Waals surface area (Å²) in [5, 5.41) is 20.9. The van der Waals surface area contributed by atoms with Gasteiger partial charge in [0.1, 0.15) is 12.2 Å². The van der Waals surface area contributed by atoms with Gasteiger partial charge in [-0.1, -0.05) is 37.1 Å². The molecule has 26 heavy (non-hydrogen) atoms. The predicted octanol–water partition coefficient (Wildman–Crippen LogP) is 2.75. The SMILES string of the molecule is C[C@@H]1CC2C3CCC4=CC(=O)C=CC4(C)C3=CCC2(C)[C@@]1(O)C(=O)CO. The number of allylic oxidation sites excluding steroid dienone is 6. The van der Waals surface area contributed by atoms with Crippen molar-refractivity contribution in [3.8, 4) is 0 Å². The van der Waals surface area contributed by atoms with Crippen molar-refractivity contribution in [3.05, 3.63) is 35.5 Å². The molecule has 4 unspecified atom stereocenters. The predicted molar refractivity (Wildman–Crippen MR) is 98.2 cm³/mol. The molecule has 0 saturated heterocycles. The maximum absolute atomic E-state index is 12.5. The van der Waals surface area contributed by atoms with E-state index >= 15 is 0 Å². The molecule has 2 N–H and O–H groups in total. The van der Waals surface area contributed by atoms with Crippen LogP contribution in [0.15, 0.2) is 35.5 Å². The molecule has 140 valence electrons. The minimum absolute atomic E-state index is 0.0644. The lowest BCUT2D eigenvalue weighted by molar-refractivity contribution is -0.161. The second-order valence-corrected chi connectivity index (χ2v) is 9.12. The highest BCUT2D eigenvalue weighted by Gasteiger charge is 2.66. The highest BCUT2D eigenvalue weighted by Crippen LogP contribution is 2.66. The van der Waals surface area contributed by atoms with Crippen molar-refractivity contribution in [1.82, 2.24) is 0 Å². The molecule has 0 aromatic heterocycles. The largest absolute Gasteiger partial charge is 0.388 e. The van der Waals surface area contributed by atoms with E-state index in [0.29, 0.717) is 12.3 Å². The van der Waals surface area contributed by atoms with Crippen LogP contribution >= 0.6 is 0 Å². The number of carbonyl (C=O) groups is 2. The van der Waals surface area contributed by atoms with Crippen LogP contribution < -0.4 is 0 Å². The summed E-state index contributed by atoms with van der Waals surface area (Å²) in [6.45, 7) is 5.54. The molecular formula is C22H28O4. The number of hydrogen-bond donors (Lipinski definition) is 2. The standard InChI is InChI=1S/C22H28O4/c1-13-10-18-16-5-4-14-11-15(24)6-8-20(14,2)17(16)7-9-21(18,3)22(13,26)19(25)12-23/h6-8,11,13,16,18,23,26H,4-5,9-10,12H2,1-3H3/t13-,16?,18?,20?,21?,22+/m1/s1. The van der Waals surface area contributed by atoms with Crippen molar-refractivity contribution < 1.29 is 19.8 Å². The first-order valence-corrected chi connectivity index (χ1v) is 9.70. The summed E-state index contributed by atoms with van der Waals surface area (Å²) in [7, 11) is 0. The Hall–Kier alpha value is -1.52. The van der Waals surface area contributed by atoms with E-state index in [1.807, 2.05) is 19.9 Å². The second kappa shape index (κ2) is 5.49. The van der Waals surface area contributed by atoms with Gasteiger partial charge in [-0.3, -0.25) is 9.59 Å². The fourth-order valence-electron chi connectivity index (χ4n) is 6.58. The Morgan fingerprint density at radius 2 is 2.08 bits per heavy atom. The summed E-state index contributed by atoms with van der Waals surface area (Å²) in [5.41, 5.74) is 0.289. The molecule has 0 radical (unpaired) electrons. The lowest BCUT2D eigenvalue weighted by Crippen LogP contribution is -2.57. The van der Waals surface area contributed by atoms with Crippen LogP contribution in [0.4, 0.5) is 0 Å². The molecule has 4 nitrogen and oxygen atoms in total. The number of rotatable bonds is 2. The van der Waals surface area contributed by atoms with Gasteiger partial charge in [0.15, 0.2) is 11.6 Å². The van der Waals surface area contributed by atoms with Gasteiger partial charge in [0.05, 0.1) is 0 Å². The smallest absolute Gasteiger partial charge is 0.190 e. The number of aliphatic hydroxyl groups excluding tert-OH is 1. The fraction of sp³-hybridized carbons (Fsp3) is 0.636. The molecule has 0 aromatic rings. The zero-order valence-electron chi connectivity index (χ0n) is 15.8. The molecule has 4 aliphatic rings. The van der Waals surface area contributed by atoms with Crippen LogP contribution in [0.25, 0.3) is 0 Å². The van der Waals surface area contributed by atoms with E-state index in [1.54, 1.807) is 12.2 Å². The molecule has 4 aliphatic carbocycles. The molecule has 2 saturated carbocycles. The third-order valence-electron chi connectivity index (χ3n) is 8.10. The van der Waals surface area contributed by atoms with E-state index in [4.69, 9.17) is 0 Å². The third kappa shape index (κ3) is 1.97. The first kappa shape index (κ1) is 17.9. The average molecular weight is 356 g/mol. The minimum atomic E-state index is -1.47. The van der Waals surface area contributed by atoms with Crippen molar-refractivity contribution in [2.75, 3.05) is 6.61 Å². The number of aliphatic hydroxyl groups is 2. The lowest BCUT2D eigenvalue weighted by atomic mass is 9.51. The van der Waals surface area contributed by atoms with Crippen molar-refractivity contribution in [2.45, 2.75) is 52.1 Å². The molecule has 2 fully saturated rings. The topological polar surface area (TPSA) is 74.6 Å². The molecule has 0 heterocycles. The summed E-state index contributed by atoms with van der Waals surface area (Å²) in [5.74, 6) is -0.0376. The molecule has 6 atom stereocenters. The van der Waals surface area contributed by atoms with Crippen LogP contribution in [0.1, 0.15) is 46.5 Å². The quantitative estimate of drug-likeness (QED) is 0.746. The molecule has 0 amide bonds. The number of hydrogen-bond acceptors (Lipinski definition) is 4. The van der Waals surface area contributed by atoms with Gasteiger partial charge in [0.25, 0.3) is 0 Å². The van der Waals surface area contributed by atoms with Gasteiger partial charge >= 0.3 is 0 Å². The Labute approximate surface area is 154 Å². The van der Waals surface area contributed by atoms with E-state index in [1.165, 1.54) is 11.1 Å². The zero-order valence-corrected chi connectivity index (χ0v) is 15.8. The van der Waals surface area contributed by atoms with Crippen molar-refractivity contribution in [2.24, 2.45) is 28.6 Å². The van der Waals surface area contributed by atoms with Crippen molar-refractivity contribution in [1.29, 1.82) is 0 Å². The molecule has 4 heteroatoms. The molecule has 0 bridgehead atoms. The van der Waals surface area contributed by atoms with Gasteiger partial charge < -0.3 is 10.2 Å². The maximum atomic E-state index is 12.5. The van der Waals surface area contributed by atoms with Crippen LogP contribution in [0.3, 0.4) is 0 Å². The van der Waals surface area contributed by atoms with Gasteiger partial charge in [-0.15, -0.1) is 0 Å². The number of fused-ring (bicyclic) bond motifs is 5. The summed E-state index contributed by atoms with van der Waals surface area (Å²) < 4.78 is 0. The highest BCUT2D eigenvalue weighted by atomic mass is 16.3. The van der Waals surface area contributed by atoms with Gasteiger partial charge in [0, 0.05) is 10.8 Å². The Kier molecular flexibility index (Phi) is 3.78. The maximum Gasteiger partial charge on any atom is 0.190 e. The Morgan fingerprint density at radius 3 is 2.77 bits per heavy atom. The second-order valence-electron chi connectivity index (χ2n) is 9.12. The van der Waals surface area contributed by atoms with Crippen LogP contribution in [-0.4, -0.2) is 34.0 Å². The van der Waals surface area contributed by atoms with Gasteiger partial charge in [0.2, 0.25) is 0 Å². The van der Waals surface area contributed by atoms with Gasteiger partial charge in [-0.25, -0.2) is 0 Å². The summed E-state index contributed by atoms with van der Waals surface area (Å²) in [4.78, 5) is 24.3. The first-order chi connectivity index (χ1) is 12.2. The van der Waals surface area contributed by atoms with Crippen LogP contribution in [0.2, 0.25) is 0 Å². The first-order valence-electron chi connectivity index (χ1n) is 9.70. The number of carbonyl (C=O) groups excluding carboxylic acids is 2. The lowest BCUT2D eigenvalue weighted by Gasteiger charge is -2.53. The fourth-order valence-corrected chi connectivity index (χ4v) is 6.58. The van der Waals surface area contributed by atoms with Crippen LogP contribution in [0, 0.1) is 28.6 Å². The molecule has 0 spiro atoms. The molecule has 4 rings (SSSR count). The van der Waals surface area contributed by atoms with Crippen molar-refractivity contribution in [3.63, 3.8) is 0 Å². The Balaban J connectivity index is 1.79. The average Bonchev–Trinajstić information content (AvgIpc) is 2.83. The van der Waals surface area contributed by atoms with Crippen molar-refractivity contribution >= 4 is 11.6 Å². The van der Waals surface area contributed by atoms with E-state index in [-0.39, 0.29) is 23.0 Å². The van der Waals surface area contributed by atoms with E-state index in [2.05, 4.69) is 13.0 Å². The van der Waals surface area contributed by atoms with Crippen LogP contribution in [0.5, 0.6) is 0 Å². The Morgan fingerprint density at radius 1 is 1.35 bits per heavy atom. The van der Waals surface area contributed by atoms with Gasteiger partial charge in [-0.2, -0.15) is 0 Å². The summed E-state index contributed by atoms with van der Waals surface area (Å²) in [6, 6.07) is 0. The molecule has 0 aromatic carbocycles. The number of Topliss-reactive ketones (excluding diaryl/α,β-unsaturated/α-hetero) is 1. The van der Waals surface area contributed by atoms with Crippen LogP contribution in [-0.2, 0) is 9.59 Å². The van der Waals surface area contributed by atoms with Gasteiger partial charge in [-0.05, 0) is 62.5 Å². The molecule has 0 aliphatic heterocycles. The zero-order chi connectivity index (χ0) is 18.9. The number of ketones is 2. The highest BCUT2D eigenvalue weighted by molar-refractivity contribution is 6.01. The Bertz CT molecular complexity index is 775. The minimum Gasteiger partial charge on any atom is -0.388 e. The monoisotopic (exact) mass is 356 g/mol. The summed E-state index contributed by atoms with van der Waals surface area (Å²) >= 11 is 0. The van der Waals surface area contributed by atoms with E-state index < -0.39 is 23.4 Å². The van der Waals surface area contributed by atoms with E-state index in [9.17, 15) is 19.8 Å². The third-order valence-corrected chi connectivity index (χ3v) is 8.10.